The van der Waals surface area contributed by atoms with E-state index in [0.29, 0.717) is 22.8 Å². The molecule has 0 bridgehead atoms. The van der Waals surface area contributed by atoms with Gasteiger partial charge >= 0.3 is 0 Å². The molecule has 0 saturated heterocycles. The van der Waals surface area contributed by atoms with Gasteiger partial charge < -0.3 is 29.2 Å². The van der Waals surface area contributed by atoms with Gasteiger partial charge in [-0.3, -0.25) is 4.79 Å². The van der Waals surface area contributed by atoms with E-state index in [1.807, 2.05) is 0 Å². The molecule has 0 aliphatic carbocycles. The molecule has 1 aliphatic heterocycles. The molecule has 0 spiro atoms. The average Bonchev–Trinajstić information content (AvgIpc) is 3.51. The molecule has 1 aromatic carbocycles. The Morgan fingerprint density at radius 3 is 2.85 bits per heavy atom. The molecular weight excluding hydrogens is 498 g/mol. The number of aromatic nitrogens is 1. The molecule has 11 nitrogen and oxygen atoms in total. The number of aliphatic hydroxyl groups is 1. The number of nitrogens with one attached hydrogen (secondary N) is 2. The van der Waals surface area contributed by atoms with Gasteiger partial charge in [0, 0.05) is 6.61 Å². The number of ether oxygens (including phenoxy) is 3. The first kappa shape index (κ1) is 23.2. The lowest BCUT2D eigenvalue weighted by Crippen LogP contribution is -2.19. The highest BCUT2D eigenvalue weighted by Gasteiger charge is 2.30. The number of aryl methyl sites for hydroxylation is 1. The summed E-state index contributed by atoms with van der Waals surface area (Å²) in [7, 11) is -2.83. The molecule has 0 unspecified atom stereocenters. The zero-order chi connectivity index (χ0) is 23.8. The normalized spacial score (nSPS) is 12.6. The van der Waals surface area contributed by atoms with Crippen molar-refractivity contribution in [3.05, 3.63) is 38.7 Å². The average molecular weight is 516 g/mol. The number of hydrogen-bond acceptors (Lipinski definition) is 10. The molecule has 176 valence electrons. The second kappa shape index (κ2) is 9.09. The maximum absolute atomic E-state index is 13.1. The van der Waals surface area contributed by atoms with Crippen molar-refractivity contribution in [2.45, 2.75) is 18.2 Å². The van der Waals surface area contributed by atoms with Crippen LogP contribution in [-0.4, -0.2) is 45.1 Å². The van der Waals surface area contributed by atoms with E-state index < -0.39 is 15.9 Å². The minimum Gasteiger partial charge on any atom is -0.491 e. The van der Waals surface area contributed by atoms with Gasteiger partial charge in [0.05, 0.1) is 12.8 Å². The van der Waals surface area contributed by atoms with Gasteiger partial charge in [0.15, 0.2) is 11.5 Å². The van der Waals surface area contributed by atoms with Crippen molar-refractivity contribution in [1.82, 2.24) is 5.16 Å². The summed E-state index contributed by atoms with van der Waals surface area (Å²) in [6, 6.07) is 2.91. The Labute approximate surface area is 197 Å². The number of nitrogens with zero attached hydrogens (tertiary/aromatic N) is 1. The number of sulfonamides is 1. The molecule has 1 aliphatic rings. The number of anilines is 2. The molecule has 4 rings (SSSR count). The minimum atomic E-state index is -4.23. The van der Waals surface area contributed by atoms with Crippen molar-refractivity contribution in [3.63, 3.8) is 0 Å². The number of fused-ring (bicyclic) bond motifs is 1. The van der Waals surface area contributed by atoms with Crippen LogP contribution in [0.1, 0.15) is 20.9 Å². The lowest BCUT2D eigenvalue weighted by molar-refractivity contribution is 0.102. The summed E-state index contributed by atoms with van der Waals surface area (Å²) in [4.78, 5) is 12.8. The van der Waals surface area contributed by atoms with Crippen molar-refractivity contribution in [3.8, 4) is 17.2 Å². The van der Waals surface area contributed by atoms with Gasteiger partial charge in [-0.1, -0.05) is 16.8 Å². The monoisotopic (exact) mass is 515 g/mol. The zero-order valence-corrected chi connectivity index (χ0v) is 19.7. The molecule has 0 radical (unpaired) electrons. The molecule has 2 aromatic heterocycles. The number of thiophene rings is 1. The first-order valence-electron chi connectivity index (χ1n) is 9.40. The van der Waals surface area contributed by atoms with Crippen molar-refractivity contribution in [2.24, 2.45) is 0 Å². The SMILES string of the molecule is COc1c(NC(=O)c2sccc2S(=O)(=O)Nc2onc(C)c2Cl)c(CCO)cc2c1OCO2. The van der Waals surface area contributed by atoms with Crippen LogP contribution in [0, 0.1) is 6.92 Å². The number of rotatable bonds is 8. The van der Waals surface area contributed by atoms with Gasteiger partial charge in [-0.25, -0.2) is 13.1 Å². The molecule has 3 heterocycles. The summed E-state index contributed by atoms with van der Waals surface area (Å²) in [5.41, 5.74) is 1.07. The van der Waals surface area contributed by atoms with Crippen molar-refractivity contribution < 1.29 is 37.1 Å². The van der Waals surface area contributed by atoms with Gasteiger partial charge in [0.25, 0.3) is 21.8 Å². The van der Waals surface area contributed by atoms with Crippen LogP contribution in [0.15, 0.2) is 26.9 Å². The number of amides is 1. The highest BCUT2D eigenvalue weighted by atomic mass is 35.5. The van der Waals surface area contributed by atoms with Gasteiger partial charge in [-0.15, -0.1) is 11.3 Å². The largest absolute Gasteiger partial charge is 0.491 e. The summed E-state index contributed by atoms with van der Waals surface area (Å²) < 4.78 is 49.2. The highest BCUT2D eigenvalue weighted by Crippen LogP contribution is 2.48. The van der Waals surface area contributed by atoms with Gasteiger partial charge in [-0.05, 0) is 36.4 Å². The first-order valence-corrected chi connectivity index (χ1v) is 12.1. The lowest BCUT2D eigenvalue weighted by Gasteiger charge is -2.16. The third-order valence-electron chi connectivity index (χ3n) is 4.67. The third kappa shape index (κ3) is 4.31. The number of hydrogen-bond donors (Lipinski definition) is 3. The van der Waals surface area contributed by atoms with Crippen molar-refractivity contribution >= 4 is 50.4 Å². The van der Waals surface area contributed by atoms with Crippen LogP contribution in [0.5, 0.6) is 17.2 Å². The van der Waals surface area contributed by atoms with Crippen LogP contribution in [-0.2, 0) is 16.4 Å². The molecule has 3 aromatic rings. The van der Waals surface area contributed by atoms with E-state index in [1.165, 1.54) is 18.6 Å². The van der Waals surface area contributed by atoms with Crippen LogP contribution in [0.2, 0.25) is 5.02 Å². The Balaban J connectivity index is 1.68. The second-order valence-corrected chi connectivity index (χ2v) is 9.68. The summed E-state index contributed by atoms with van der Waals surface area (Å²) >= 11 is 6.92. The molecule has 1 amide bonds. The molecule has 0 atom stereocenters. The van der Waals surface area contributed by atoms with Crippen LogP contribution in [0.3, 0.4) is 0 Å². The topological polar surface area (TPSA) is 149 Å². The number of benzene rings is 1. The molecule has 0 saturated carbocycles. The molecule has 14 heteroatoms. The molecular formula is C19H18ClN3O8S2. The van der Waals surface area contributed by atoms with Gasteiger partial charge in [0.2, 0.25) is 12.5 Å². The maximum Gasteiger partial charge on any atom is 0.267 e. The van der Waals surface area contributed by atoms with Crippen LogP contribution < -0.4 is 24.2 Å². The highest BCUT2D eigenvalue weighted by molar-refractivity contribution is 7.93. The standard InChI is InChI=1S/C19H18ClN3O8S2/c1-9-13(20)19(31-22-9)23-33(26,27)12-4-6-32-17(12)18(25)21-14-10(3-5-24)7-11-15(16(14)28-2)30-8-29-11/h4,6-7,23-24H,3,5,8H2,1-2H3,(H,21,25). The summed E-state index contributed by atoms with van der Waals surface area (Å²) in [5.74, 6) is -0.0533. The van der Waals surface area contributed by atoms with E-state index in [9.17, 15) is 18.3 Å². The van der Waals surface area contributed by atoms with Crippen molar-refractivity contribution in [2.75, 3.05) is 30.5 Å². The van der Waals surface area contributed by atoms with E-state index >= 15 is 0 Å². The predicted octanol–water partition coefficient (Wildman–Crippen LogP) is 3.02. The Bertz CT molecular complexity index is 1320. The van der Waals surface area contributed by atoms with E-state index in [4.69, 9.17) is 30.3 Å². The van der Waals surface area contributed by atoms with Crippen molar-refractivity contribution in [1.29, 1.82) is 0 Å². The zero-order valence-electron chi connectivity index (χ0n) is 17.3. The second-order valence-electron chi connectivity index (χ2n) is 6.74. The fourth-order valence-corrected chi connectivity index (χ4v) is 5.65. The minimum absolute atomic E-state index is 0.0125. The summed E-state index contributed by atoms with van der Waals surface area (Å²) in [6.45, 7) is 1.33. The Hall–Kier alpha value is -3.00. The number of carbonyl (C=O) groups is 1. The number of methoxy groups -OCH3 is 1. The van der Waals surface area contributed by atoms with E-state index in [0.717, 1.165) is 11.3 Å². The third-order valence-corrected chi connectivity index (χ3v) is 7.53. The predicted molar refractivity (Wildman–Crippen MR) is 119 cm³/mol. The Kier molecular flexibility index (Phi) is 6.38. The lowest BCUT2D eigenvalue weighted by atomic mass is 10.1. The van der Waals surface area contributed by atoms with Gasteiger partial charge in [-0.2, -0.15) is 0 Å². The molecule has 3 N–H and O–H groups in total. The number of aliphatic hydroxyl groups excluding tert-OH is 1. The molecule has 33 heavy (non-hydrogen) atoms. The van der Waals surface area contributed by atoms with E-state index in [-0.39, 0.29) is 51.9 Å². The Morgan fingerprint density at radius 1 is 1.39 bits per heavy atom. The maximum atomic E-state index is 13.1. The van der Waals surface area contributed by atoms with Gasteiger partial charge in [0.1, 0.15) is 20.5 Å². The fourth-order valence-electron chi connectivity index (χ4n) is 3.16. The number of carbonyl (C=O) groups excluding carboxylic acids is 1. The van der Waals surface area contributed by atoms with E-state index in [1.54, 1.807) is 13.0 Å². The first-order chi connectivity index (χ1) is 15.8. The van der Waals surface area contributed by atoms with Crippen LogP contribution >= 0.6 is 22.9 Å². The van der Waals surface area contributed by atoms with Crippen LogP contribution in [0.4, 0.5) is 11.6 Å². The summed E-state index contributed by atoms with van der Waals surface area (Å²) in [6.07, 6.45) is 0.184. The fraction of sp³-hybridized carbons (Fsp3) is 0.263. The summed E-state index contributed by atoms with van der Waals surface area (Å²) in [5, 5.41) is 17.2. The Morgan fingerprint density at radius 2 is 2.18 bits per heavy atom. The van der Waals surface area contributed by atoms with E-state index in [2.05, 4.69) is 15.2 Å². The quantitative estimate of drug-likeness (QED) is 0.411. The molecule has 0 fully saturated rings. The smallest absolute Gasteiger partial charge is 0.267 e. The van der Waals surface area contributed by atoms with Crippen LogP contribution in [0.25, 0.3) is 0 Å². The number of halogens is 1.